The van der Waals surface area contributed by atoms with E-state index in [1.165, 1.54) is 18.2 Å². The van der Waals surface area contributed by atoms with Gasteiger partial charge in [0.2, 0.25) is 0 Å². The number of carbonyl (C=O) groups excluding carboxylic acids is 2. The Labute approximate surface area is 159 Å². The molecule has 0 radical (unpaired) electrons. The summed E-state index contributed by atoms with van der Waals surface area (Å²) in [6.45, 7) is 2.04. The van der Waals surface area contributed by atoms with Gasteiger partial charge in [0, 0.05) is 25.1 Å². The quantitative estimate of drug-likeness (QED) is 0.687. The Morgan fingerprint density at radius 2 is 2.04 bits per heavy atom. The molecular weight excluding hydrogens is 370 g/mol. The van der Waals surface area contributed by atoms with Crippen LogP contribution in [0.1, 0.15) is 45.4 Å². The summed E-state index contributed by atoms with van der Waals surface area (Å²) in [4.78, 5) is 27.5. The van der Waals surface area contributed by atoms with Crippen LogP contribution < -0.4 is 10.0 Å². The van der Waals surface area contributed by atoms with E-state index < -0.39 is 28.5 Å². The number of amides is 1. The lowest BCUT2D eigenvalue weighted by molar-refractivity contribution is -0.147. The Kier molecular flexibility index (Phi) is 7.78. The van der Waals surface area contributed by atoms with Crippen molar-refractivity contribution in [2.45, 2.75) is 50.3 Å². The molecule has 9 heteroatoms. The van der Waals surface area contributed by atoms with Crippen molar-refractivity contribution in [2.75, 3.05) is 18.5 Å². The van der Waals surface area contributed by atoms with Crippen LogP contribution in [-0.4, -0.2) is 39.3 Å². The van der Waals surface area contributed by atoms with E-state index in [9.17, 15) is 18.0 Å². The zero-order chi connectivity index (χ0) is 19.7. The first kappa shape index (κ1) is 20.9. The minimum Gasteiger partial charge on any atom is -0.456 e. The van der Waals surface area contributed by atoms with Gasteiger partial charge in [-0.3, -0.25) is 19.3 Å². The highest BCUT2D eigenvalue weighted by Gasteiger charge is 2.18. The van der Waals surface area contributed by atoms with Gasteiger partial charge in [-0.15, -0.1) is 0 Å². The summed E-state index contributed by atoms with van der Waals surface area (Å²) >= 11 is 0. The van der Waals surface area contributed by atoms with Gasteiger partial charge in [-0.25, -0.2) is 8.42 Å². The molecule has 1 aliphatic heterocycles. The first-order chi connectivity index (χ1) is 12.9. The van der Waals surface area contributed by atoms with E-state index in [2.05, 4.69) is 15.0 Å². The smallest absolute Gasteiger partial charge is 0.306 e. The van der Waals surface area contributed by atoms with Crippen LogP contribution in [0.15, 0.2) is 34.2 Å². The van der Waals surface area contributed by atoms with Crippen LogP contribution in [0.5, 0.6) is 0 Å². The van der Waals surface area contributed by atoms with Crippen LogP contribution in [0.2, 0.25) is 0 Å². The highest BCUT2D eigenvalue weighted by molar-refractivity contribution is 7.90. The molecule has 0 unspecified atom stereocenters. The molecule has 2 N–H and O–H groups in total. The predicted molar refractivity (Wildman–Crippen MR) is 102 cm³/mol. The number of ether oxygens (including phenoxy) is 1. The number of sulfonamides is 1. The molecule has 8 nitrogen and oxygen atoms in total. The summed E-state index contributed by atoms with van der Waals surface area (Å²) in [7, 11) is -3.78. The van der Waals surface area contributed by atoms with Gasteiger partial charge < -0.3 is 10.1 Å². The molecule has 0 spiro atoms. The Bertz CT molecular complexity index is 805. The molecular formula is C18H25N3O5S. The van der Waals surface area contributed by atoms with Gasteiger partial charge in [0.25, 0.3) is 15.9 Å². The van der Waals surface area contributed by atoms with E-state index in [0.29, 0.717) is 30.9 Å². The standard InChI is InChI=1S/C18H25N3O5S/c1-2-7-18(23)26-13-17(22)20-14-8-6-9-15(12-14)27(24,25)21-16-10-4-3-5-11-19-16/h6,8-9,12H,2-5,7,10-11,13H2,1H3,(H,19,21)(H,20,22). The minimum absolute atomic E-state index is 0.0234. The molecule has 1 aromatic rings. The Hall–Kier alpha value is -2.42. The van der Waals surface area contributed by atoms with Crippen molar-refractivity contribution in [3.63, 3.8) is 0 Å². The predicted octanol–water partition coefficient (Wildman–Crippen LogP) is 2.22. The van der Waals surface area contributed by atoms with Gasteiger partial charge in [0.05, 0.1) is 4.90 Å². The highest BCUT2D eigenvalue weighted by Crippen LogP contribution is 2.16. The number of nitrogens with one attached hydrogen (secondary N) is 2. The molecule has 1 heterocycles. The van der Waals surface area contributed by atoms with E-state index in [-0.39, 0.29) is 11.3 Å². The van der Waals surface area contributed by atoms with Crippen molar-refractivity contribution >= 4 is 33.4 Å². The van der Waals surface area contributed by atoms with Gasteiger partial charge in [0.15, 0.2) is 6.61 Å². The summed E-state index contributed by atoms with van der Waals surface area (Å²) < 4.78 is 32.5. The van der Waals surface area contributed by atoms with Crippen molar-refractivity contribution in [1.82, 2.24) is 4.72 Å². The maximum atomic E-state index is 12.6. The molecule has 0 aliphatic carbocycles. The Morgan fingerprint density at radius 1 is 1.22 bits per heavy atom. The number of anilines is 1. The third-order valence-corrected chi connectivity index (χ3v) is 5.25. The van der Waals surface area contributed by atoms with Crippen LogP contribution in [-0.2, 0) is 24.3 Å². The normalized spacial score (nSPS) is 14.6. The van der Waals surface area contributed by atoms with Crippen molar-refractivity contribution < 1.29 is 22.7 Å². The molecule has 1 amide bonds. The van der Waals surface area contributed by atoms with E-state index >= 15 is 0 Å². The average molecular weight is 395 g/mol. The van der Waals surface area contributed by atoms with Gasteiger partial charge in [0.1, 0.15) is 5.84 Å². The molecule has 1 aliphatic rings. The molecule has 0 atom stereocenters. The third-order valence-electron chi connectivity index (χ3n) is 3.87. The summed E-state index contributed by atoms with van der Waals surface area (Å²) in [6, 6.07) is 5.89. The van der Waals surface area contributed by atoms with Crippen LogP contribution in [0.25, 0.3) is 0 Å². The molecule has 0 bridgehead atoms. The number of hydrogen-bond donors (Lipinski definition) is 2. The number of benzene rings is 1. The zero-order valence-electron chi connectivity index (χ0n) is 15.4. The van der Waals surface area contributed by atoms with Crippen LogP contribution in [0, 0.1) is 0 Å². The Balaban J connectivity index is 2.00. The monoisotopic (exact) mass is 395 g/mol. The number of amidine groups is 1. The maximum Gasteiger partial charge on any atom is 0.306 e. The molecule has 0 saturated carbocycles. The van der Waals surface area contributed by atoms with Gasteiger partial charge >= 0.3 is 5.97 Å². The molecule has 1 aromatic carbocycles. The molecule has 0 saturated heterocycles. The summed E-state index contributed by atoms with van der Waals surface area (Å²) in [5.41, 5.74) is 0.303. The fourth-order valence-corrected chi connectivity index (χ4v) is 3.67. The molecule has 148 valence electrons. The number of esters is 1. The van der Waals surface area contributed by atoms with Crippen molar-refractivity contribution in [3.8, 4) is 0 Å². The van der Waals surface area contributed by atoms with E-state index in [0.717, 1.165) is 19.3 Å². The minimum atomic E-state index is -3.78. The lowest BCUT2D eigenvalue weighted by Gasteiger charge is -2.11. The first-order valence-electron chi connectivity index (χ1n) is 9.02. The fourth-order valence-electron chi connectivity index (χ4n) is 2.53. The maximum absolute atomic E-state index is 12.6. The van der Waals surface area contributed by atoms with Crippen molar-refractivity contribution in [1.29, 1.82) is 0 Å². The highest BCUT2D eigenvalue weighted by atomic mass is 32.2. The van der Waals surface area contributed by atoms with E-state index in [1.54, 1.807) is 6.07 Å². The second-order valence-corrected chi connectivity index (χ2v) is 7.91. The van der Waals surface area contributed by atoms with Gasteiger partial charge in [-0.2, -0.15) is 0 Å². The summed E-state index contributed by atoms with van der Waals surface area (Å²) in [5.74, 6) is -0.516. The van der Waals surface area contributed by atoms with Gasteiger partial charge in [-0.05, 0) is 37.5 Å². The number of rotatable bonds is 7. The van der Waals surface area contributed by atoms with Crippen LogP contribution in [0.3, 0.4) is 0 Å². The zero-order valence-corrected chi connectivity index (χ0v) is 16.2. The lowest BCUT2D eigenvalue weighted by atomic mass is 10.2. The average Bonchev–Trinajstić information content (AvgIpc) is 2.89. The van der Waals surface area contributed by atoms with E-state index in [4.69, 9.17) is 4.74 Å². The topological polar surface area (TPSA) is 114 Å². The SMILES string of the molecule is CCCC(=O)OCC(=O)Nc1cccc(S(=O)(=O)NC2=NCCCCC2)c1. The second kappa shape index (κ2) is 10.1. The lowest BCUT2D eigenvalue weighted by Crippen LogP contribution is -2.30. The molecule has 0 fully saturated rings. The second-order valence-electron chi connectivity index (χ2n) is 6.23. The number of carbonyl (C=O) groups is 2. The Morgan fingerprint density at radius 3 is 2.81 bits per heavy atom. The molecule has 27 heavy (non-hydrogen) atoms. The van der Waals surface area contributed by atoms with Crippen molar-refractivity contribution in [3.05, 3.63) is 24.3 Å². The molecule has 0 aromatic heterocycles. The van der Waals surface area contributed by atoms with Gasteiger partial charge in [-0.1, -0.05) is 19.4 Å². The number of aliphatic imine (C=N–C) groups is 1. The molecule has 2 rings (SSSR count). The first-order valence-corrected chi connectivity index (χ1v) is 10.5. The van der Waals surface area contributed by atoms with E-state index in [1.807, 2.05) is 6.92 Å². The summed E-state index contributed by atoms with van der Waals surface area (Å²) in [5, 5.41) is 2.53. The number of nitrogens with zero attached hydrogens (tertiary/aromatic N) is 1. The van der Waals surface area contributed by atoms with Crippen molar-refractivity contribution in [2.24, 2.45) is 4.99 Å². The number of hydrogen-bond acceptors (Lipinski definition) is 6. The largest absolute Gasteiger partial charge is 0.456 e. The van der Waals surface area contributed by atoms with Crippen LogP contribution in [0.4, 0.5) is 5.69 Å². The van der Waals surface area contributed by atoms with Crippen LogP contribution >= 0.6 is 0 Å². The third kappa shape index (κ3) is 7.01. The summed E-state index contributed by atoms with van der Waals surface area (Å²) in [6.07, 6.45) is 4.36. The fraction of sp³-hybridized carbons (Fsp3) is 0.500.